The zero-order valence-corrected chi connectivity index (χ0v) is 14.5. The third-order valence-corrected chi connectivity index (χ3v) is 4.72. The van der Waals surface area contributed by atoms with Crippen molar-refractivity contribution in [3.63, 3.8) is 0 Å². The second kappa shape index (κ2) is 6.67. The zero-order chi connectivity index (χ0) is 16.4. The fourth-order valence-electron chi connectivity index (χ4n) is 2.46. The number of nitrogens with zero attached hydrogens (tertiary/aromatic N) is 2. The lowest BCUT2D eigenvalue weighted by molar-refractivity contribution is -0.388. The molecule has 0 aliphatic heterocycles. The van der Waals surface area contributed by atoms with Gasteiger partial charge in [-0.1, -0.05) is 36.4 Å². The van der Waals surface area contributed by atoms with Crippen LogP contribution in [0.25, 0.3) is 0 Å². The number of aromatic nitrogens is 1. The average molecular weight is 337 g/mol. The summed E-state index contributed by atoms with van der Waals surface area (Å²) in [5, 5.41) is 11.4. The fourth-order valence-corrected chi connectivity index (χ4v) is 4.22. The molecule has 0 bridgehead atoms. The lowest BCUT2D eigenvalue weighted by atomic mass is 10.1. The summed E-state index contributed by atoms with van der Waals surface area (Å²) in [6.45, 7) is 7.82. The van der Waals surface area contributed by atoms with E-state index >= 15 is 0 Å². The van der Waals surface area contributed by atoms with Crippen LogP contribution in [-0.4, -0.2) is 9.91 Å². The molecular formula is C16H17ClN2O2S. The molecule has 4 nitrogen and oxygen atoms in total. The van der Waals surface area contributed by atoms with Crippen LogP contribution in [-0.2, 0) is 6.42 Å². The van der Waals surface area contributed by atoms with Crippen molar-refractivity contribution in [1.29, 1.82) is 0 Å². The Hall–Kier alpha value is -1.59. The Bertz CT molecular complexity index is 727. The van der Waals surface area contributed by atoms with Crippen molar-refractivity contribution in [2.24, 2.45) is 0 Å². The molecule has 0 fully saturated rings. The normalized spacial score (nSPS) is 10.8. The van der Waals surface area contributed by atoms with E-state index in [1.54, 1.807) is 0 Å². The highest BCUT2D eigenvalue weighted by Crippen LogP contribution is 2.42. The summed E-state index contributed by atoms with van der Waals surface area (Å²) in [4.78, 5) is 16.6. The van der Waals surface area contributed by atoms with Crippen molar-refractivity contribution >= 4 is 29.1 Å². The van der Waals surface area contributed by atoms with Gasteiger partial charge in [0.1, 0.15) is 0 Å². The summed E-state index contributed by atoms with van der Waals surface area (Å²) >= 11 is 7.41. The first kappa shape index (κ1) is 16.8. The van der Waals surface area contributed by atoms with Gasteiger partial charge in [-0.05, 0) is 56.0 Å². The molecule has 0 spiro atoms. The van der Waals surface area contributed by atoms with E-state index in [0.29, 0.717) is 11.3 Å². The monoisotopic (exact) mass is 336 g/mol. The summed E-state index contributed by atoms with van der Waals surface area (Å²) in [6.07, 6.45) is 0.671. The average Bonchev–Trinajstić information content (AvgIpc) is 2.36. The van der Waals surface area contributed by atoms with Crippen molar-refractivity contribution < 1.29 is 4.92 Å². The van der Waals surface area contributed by atoms with Gasteiger partial charge in [-0.2, -0.15) is 0 Å². The number of aryl methyl sites for hydroxylation is 3. The van der Waals surface area contributed by atoms with E-state index in [4.69, 9.17) is 11.6 Å². The smallest absolute Gasteiger partial charge is 0.258 e. The van der Waals surface area contributed by atoms with E-state index in [9.17, 15) is 10.1 Å². The van der Waals surface area contributed by atoms with Gasteiger partial charge in [0.05, 0.1) is 9.82 Å². The van der Waals surface area contributed by atoms with Gasteiger partial charge in [0.25, 0.3) is 0 Å². The molecule has 0 atom stereocenters. The molecular weight excluding hydrogens is 320 g/mol. The molecule has 116 valence electrons. The van der Waals surface area contributed by atoms with E-state index in [2.05, 4.69) is 11.1 Å². The molecule has 6 heteroatoms. The topological polar surface area (TPSA) is 56.0 Å². The molecule has 0 saturated heterocycles. The molecule has 1 aromatic carbocycles. The first-order valence-corrected chi connectivity index (χ1v) is 8.12. The molecule has 22 heavy (non-hydrogen) atoms. The first-order valence-electron chi connectivity index (χ1n) is 6.93. The molecule has 0 N–H and O–H groups in total. The van der Waals surface area contributed by atoms with E-state index in [0.717, 1.165) is 27.3 Å². The highest BCUT2D eigenvalue weighted by molar-refractivity contribution is 7.99. The SMILES string of the molecule is CCc1c(C)nc(Cl)c([N+](=O)[O-])c1Sc1cc(C)cc(C)c1. The summed E-state index contributed by atoms with van der Waals surface area (Å²) < 4.78 is 0. The quantitative estimate of drug-likeness (QED) is 0.433. The first-order chi connectivity index (χ1) is 10.3. The number of hydrogen-bond donors (Lipinski definition) is 0. The Labute approximate surface area is 139 Å². The van der Waals surface area contributed by atoms with Crippen molar-refractivity contribution in [2.75, 3.05) is 0 Å². The second-order valence-electron chi connectivity index (χ2n) is 5.18. The van der Waals surface area contributed by atoms with Crippen LogP contribution in [0.15, 0.2) is 28.0 Å². The van der Waals surface area contributed by atoms with Crippen LogP contribution in [0.4, 0.5) is 5.69 Å². The van der Waals surface area contributed by atoms with Crippen molar-refractivity contribution in [3.05, 3.63) is 55.9 Å². The minimum atomic E-state index is -0.446. The number of pyridine rings is 1. The van der Waals surface area contributed by atoms with Gasteiger partial charge >= 0.3 is 5.69 Å². The number of halogens is 1. The van der Waals surface area contributed by atoms with E-state index in [1.807, 2.05) is 39.8 Å². The summed E-state index contributed by atoms with van der Waals surface area (Å²) in [5.74, 6) is 0. The van der Waals surface area contributed by atoms with Crippen molar-refractivity contribution in [1.82, 2.24) is 4.98 Å². The maximum Gasteiger partial charge on any atom is 0.320 e. The number of hydrogen-bond acceptors (Lipinski definition) is 4. The Morgan fingerprint density at radius 3 is 2.32 bits per heavy atom. The van der Waals surface area contributed by atoms with E-state index in [1.165, 1.54) is 11.8 Å². The predicted molar refractivity (Wildman–Crippen MR) is 90.1 cm³/mol. The highest BCUT2D eigenvalue weighted by atomic mass is 35.5. The number of benzene rings is 1. The Balaban J connectivity index is 2.64. The molecule has 2 aromatic rings. The van der Waals surface area contributed by atoms with Crippen LogP contribution in [0.5, 0.6) is 0 Å². The van der Waals surface area contributed by atoms with Crippen LogP contribution in [0, 0.1) is 30.9 Å². The second-order valence-corrected chi connectivity index (χ2v) is 6.62. The largest absolute Gasteiger partial charge is 0.320 e. The van der Waals surface area contributed by atoms with Crippen molar-refractivity contribution in [3.8, 4) is 0 Å². The van der Waals surface area contributed by atoms with Gasteiger partial charge in [0.15, 0.2) is 0 Å². The standard InChI is InChI=1S/C16H17ClN2O2S/c1-5-13-11(4)18-16(17)14(19(20)21)15(13)22-12-7-9(2)6-10(3)8-12/h6-8H,5H2,1-4H3. The van der Waals surface area contributed by atoms with Gasteiger partial charge in [-0.15, -0.1) is 0 Å². The van der Waals surface area contributed by atoms with Gasteiger partial charge in [0, 0.05) is 10.6 Å². The third kappa shape index (κ3) is 3.42. The highest BCUT2D eigenvalue weighted by Gasteiger charge is 2.26. The lowest BCUT2D eigenvalue weighted by Gasteiger charge is -2.12. The Kier molecular flexibility index (Phi) is 5.08. The lowest BCUT2D eigenvalue weighted by Crippen LogP contribution is -2.02. The van der Waals surface area contributed by atoms with Gasteiger partial charge in [0.2, 0.25) is 5.15 Å². The summed E-state index contributed by atoms with van der Waals surface area (Å²) in [7, 11) is 0. The molecule has 1 heterocycles. The van der Waals surface area contributed by atoms with Gasteiger partial charge < -0.3 is 0 Å². The molecule has 0 saturated carbocycles. The molecule has 0 radical (unpaired) electrons. The van der Waals surface area contributed by atoms with Crippen LogP contribution in [0.3, 0.4) is 0 Å². The molecule has 0 aliphatic rings. The van der Waals surface area contributed by atoms with E-state index < -0.39 is 4.92 Å². The van der Waals surface area contributed by atoms with Crippen LogP contribution in [0.1, 0.15) is 29.3 Å². The fraction of sp³-hybridized carbons (Fsp3) is 0.312. The van der Waals surface area contributed by atoms with E-state index in [-0.39, 0.29) is 10.8 Å². The molecule has 2 rings (SSSR count). The zero-order valence-electron chi connectivity index (χ0n) is 12.9. The summed E-state index contributed by atoms with van der Waals surface area (Å²) in [5.41, 5.74) is 3.76. The van der Waals surface area contributed by atoms with Crippen LogP contribution in [0.2, 0.25) is 5.15 Å². The number of nitro groups is 1. The third-order valence-electron chi connectivity index (χ3n) is 3.34. The minimum Gasteiger partial charge on any atom is -0.258 e. The van der Waals surface area contributed by atoms with Gasteiger partial charge in [-0.3, -0.25) is 10.1 Å². The Morgan fingerprint density at radius 2 is 1.82 bits per heavy atom. The molecule has 0 aliphatic carbocycles. The van der Waals surface area contributed by atoms with Crippen LogP contribution >= 0.6 is 23.4 Å². The molecule has 0 amide bonds. The van der Waals surface area contributed by atoms with Crippen molar-refractivity contribution in [2.45, 2.75) is 43.9 Å². The summed E-state index contributed by atoms with van der Waals surface area (Å²) in [6, 6.07) is 6.11. The molecule has 0 unspecified atom stereocenters. The number of rotatable bonds is 4. The maximum absolute atomic E-state index is 11.4. The molecule has 1 aromatic heterocycles. The Morgan fingerprint density at radius 1 is 1.23 bits per heavy atom. The predicted octanol–water partition coefficient (Wildman–Crippen LogP) is 5.28. The minimum absolute atomic E-state index is 0.0495. The van der Waals surface area contributed by atoms with Crippen LogP contribution < -0.4 is 0 Å². The van der Waals surface area contributed by atoms with Gasteiger partial charge in [-0.25, -0.2) is 4.98 Å². The maximum atomic E-state index is 11.4.